The molecule has 22 heavy (non-hydrogen) atoms. The number of aliphatic hydroxyl groups excluding tert-OH is 1. The van der Waals surface area contributed by atoms with E-state index in [2.05, 4.69) is 5.32 Å². The van der Waals surface area contributed by atoms with Gasteiger partial charge in [-0.25, -0.2) is 0 Å². The molecule has 1 aliphatic heterocycles. The smallest absolute Gasteiger partial charge is 0.251 e. The molecule has 1 heterocycles. The maximum atomic E-state index is 12.6. The van der Waals surface area contributed by atoms with Crippen molar-refractivity contribution in [3.8, 4) is 5.75 Å². The Morgan fingerprint density at radius 3 is 2.73 bits per heavy atom. The lowest BCUT2D eigenvalue weighted by Crippen LogP contribution is -2.40. The minimum atomic E-state index is -0.205. The molecule has 1 aromatic carbocycles. The predicted molar refractivity (Wildman–Crippen MR) is 84.5 cm³/mol. The normalized spacial score (nSPS) is 24.5. The monoisotopic (exact) mass is 301 g/mol. The van der Waals surface area contributed by atoms with Crippen molar-refractivity contribution in [3.05, 3.63) is 41.2 Å². The van der Waals surface area contributed by atoms with Gasteiger partial charge in [0.2, 0.25) is 0 Å². The summed E-state index contributed by atoms with van der Waals surface area (Å²) in [6.45, 7) is 2.01. The van der Waals surface area contributed by atoms with Crippen LogP contribution in [-0.4, -0.2) is 23.2 Å². The van der Waals surface area contributed by atoms with Crippen molar-refractivity contribution in [1.29, 1.82) is 0 Å². The lowest BCUT2D eigenvalue weighted by Gasteiger charge is -2.28. The third-order valence-electron chi connectivity index (χ3n) is 4.54. The van der Waals surface area contributed by atoms with E-state index in [0.717, 1.165) is 48.3 Å². The van der Waals surface area contributed by atoms with Crippen molar-refractivity contribution in [2.45, 2.75) is 57.6 Å². The van der Waals surface area contributed by atoms with Gasteiger partial charge >= 0.3 is 0 Å². The van der Waals surface area contributed by atoms with Gasteiger partial charge in [0.05, 0.1) is 11.7 Å². The molecule has 4 nitrogen and oxygen atoms in total. The summed E-state index contributed by atoms with van der Waals surface area (Å²) in [5.74, 6) is 1.61. The molecule has 1 aromatic rings. The molecule has 1 aliphatic carbocycles. The van der Waals surface area contributed by atoms with Crippen LogP contribution in [0.5, 0.6) is 5.75 Å². The lowest BCUT2D eigenvalue weighted by molar-refractivity contribution is -0.118. The van der Waals surface area contributed by atoms with Gasteiger partial charge in [-0.3, -0.25) is 4.79 Å². The number of carbonyl (C=O) groups excluding carboxylic acids is 1. The second-order valence-electron chi connectivity index (χ2n) is 6.12. The van der Waals surface area contributed by atoms with Crippen LogP contribution in [0.4, 0.5) is 0 Å². The van der Waals surface area contributed by atoms with Crippen molar-refractivity contribution in [1.82, 2.24) is 5.32 Å². The number of carbonyl (C=O) groups is 1. The average molecular weight is 301 g/mol. The first-order valence-electron chi connectivity index (χ1n) is 8.14. The lowest BCUT2D eigenvalue weighted by atomic mass is 9.92. The van der Waals surface area contributed by atoms with Crippen molar-refractivity contribution < 1.29 is 14.6 Å². The van der Waals surface area contributed by atoms with E-state index in [4.69, 9.17) is 4.74 Å². The number of para-hydroxylation sites is 1. The third kappa shape index (κ3) is 3.17. The summed E-state index contributed by atoms with van der Waals surface area (Å²) in [7, 11) is 0. The Labute approximate surface area is 131 Å². The van der Waals surface area contributed by atoms with E-state index in [1.54, 1.807) is 0 Å². The average Bonchev–Trinajstić information content (AvgIpc) is 2.55. The maximum absolute atomic E-state index is 12.6. The summed E-state index contributed by atoms with van der Waals surface area (Å²) < 4.78 is 5.90. The Morgan fingerprint density at radius 2 is 2.00 bits per heavy atom. The van der Waals surface area contributed by atoms with E-state index >= 15 is 0 Å². The number of hydrogen-bond donors (Lipinski definition) is 2. The molecule has 2 aliphatic rings. The van der Waals surface area contributed by atoms with Crippen LogP contribution in [0.1, 0.15) is 44.6 Å². The van der Waals surface area contributed by atoms with Gasteiger partial charge in [0.1, 0.15) is 11.5 Å². The molecule has 118 valence electrons. The SMILES string of the molecule is CCC1=C(C(=O)NC2CCC(O)CC2)Cc2ccccc2O1. The molecule has 1 saturated carbocycles. The van der Waals surface area contributed by atoms with Gasteiger partial charge in [0, 0.05) is 18.9 Å². The van der Waals surface area contributed by atoms with Gasteiger partial charge in [0.15, 0.2) is 0 Å². The van der Waals surface area contributed by atoms with E-state index in [-0.39, 0.29) is 18.1 Å². The summed E-state index contributed by atoms with van der Waals surface area (Å²) in [4.78, 5) is 12.6. The highest BCUT2D eigenvalue weighted by Gasteiger charge is 2.26. The van der Waals surface area contributed by atoms with Gasteiger partial charge in [-0.05, 0) is 37.3 Å². The van der Waals surface area contributed by atoms with Crippen LogP contribution in [0.25, 0.3) is 0 Å². The fourth-order valence-corrected chi connectivity index (χ4v) is 3.22. The minimum absolute atomic E-state index is 0.0206. The fraction of sp³-hybridized carbons (Fsp3) is 0.500. The fourth-order valence-electron chi connectivity index (χ4n) is 3.22. The molecule has 1 amide bonds. The molecular weight excluding hydrogens is 278 g/mol. The first kappa shape index (κ1) is 15.1. The van der Waals surface area contributed by atoms with Crippen LogP contribution in [0, 0.1) is 0 Å². The Kier molecular flexibility index (Phi) is 4.48. The summed E-state index contributed by atoms with van der Waals surface area (Å²) >= 11 is 0. The first-order chi connectivity index (χ1) is 10.7. The Morgan fingerprint density at radius 1 is 1.27 bits per heavy atom. The van der Waals surface area contributed by atoms with Crippen LogP contribution in [0.15, 0.2) is 35.6 Å². The molecular formula is C18H23NO3. The molecule has 3 rings (SSSR count). The largest absolute Gasteiger partial charge is 0.461 e. The van der Waals surface area contributed by atoms with Gasteiger partial charge in [-0.2, -0.15) is 0 Å². The Bertz CT molecular complexity index is 586. The van der Waals surface area contributed by atoms with Gasteiger partial charge in [-0.1, -0.05) is 25.1 Å². The van der Waals surface area contributed by atoms with Crippen LogP contribution in [0.3, 0.4) is 0 Å². The summed E-state index contributed by atoms with van der Waals surface area (Å²) in [5, 5.41) is 12.7. The molecule has 2 N–H and O–H groups in total. The Hall–Kier alpha value is -1.81. The number of fused-ring (bicyclic) bond motifs is 1. The molecule has 0 unspecified atom stereocenters. The molecule has 4 heteroatoms. The molecule has 0 atom stereocenters. The van der Waals surface area contributed by atoms with Crippen LogP contribution >= 0.6 is 0 Å². The molecule has 0 bridgehead atoms. The quantitative estimate of drug-likeness (QED) is 0.902. The molecule has 0 spiro atoms. The van der Waals surface area contributed by atoms with Gasteiger partial charge in [0.25, 0.3) is 5.91 Å². The number of rotatable bonds is 3. The number of ether oxygens (including phenoxy) is 1. The highest BCUT2D eigenvalue weighted by Crippen LogP contribution is 2.31. The molecule has 1 fully saturated rings. The predicted octanol–water partition coefficient (Wildman–Crippen LogP) is 2.71. The Balaban J connectivity index is 1.72. The summed E-state index contributed by atoms with van der Waals surface area (Å²) in [6, 6.07) is 8.04. The number of nitrogens with one attached hydrogen (secondary N) is 1. The van der Waals surface area contributed by atoms with Gasteiger partial charge < -0.3 is 15.2 Å². The summed E-state index contributed by atoms with van der Waals surface area (Å²) in [5.41, 5.74) is 1.80. The van der Waals surface area contributed by atoms with E-state index in [0.29, 0.717) is 12.8 Å². The van der Waals surface area contributed by atoms with Crippen molar-refractivity contribution in [2.75, 3.05) is 0 Å². The first-order valence-corrected chi connectivity index (χ1v) is 8.14. The van der Waals surface area contributed by atoms with Crippen LogP contribution in [-0.2, 0) is 11.2 Å². The zero-order valence-electron chi connectivity index (χ0n) is 13.0. The topological polar surface area (TPSA) is 58.6 Å². The van der Waals surface area contributed by atoms with Crippen molar-refractivity contribution >= 4 is 5.91 Å². The minimum Gasteiger partial charge on any atom is -0.461 e. The highest BCUT2D eigenvalue weighted by atomic mass is 16.5. The maximum Gasteiger partial charge on any atom is 0.251 e. The number of amides is 1. The van der Waals surface area contributed by atoms with E-state index in [1.165, 1.54) is 0 Å². The molecule has 0 saturated heterocycles. The highest BCUT2D eigenvalue weighted by molar-refractivity contribution is 5.95. The molecule has 0 radical (unpaired) electrons. The van der Waals surface area contributed by atoms with Crippen molar-refractivity contribution in [3.63, 3.8) is 0 Å². The van der Waals surface area contributed by atoms with Crippen LogP contribution in [0.2, 0.25) is 0 Å². The zero-order valence-corrected chi connectivity index (χ0v) is 13.0. The number of hydrogen-bond acceptors (Lipinski definition) is 3. The molecule has 0 aromatic heterocycles. The van der Waals surface area contributed by atoms with E-state index in [9.17, 15) is 9.90 Å². The van der Waals surface area contributed by atoms with Crippen molar-refractivity contribution in [2.24, 2.45) is 0 Å². The van der Waals surface area contributed by atoms with E-state index in [1.807, 2.05) is 31.2 Å². The number of aliphatic hydroxyl groups is 1. The van der Waals surface area contributed by atoms with E-state index < -0.39 is 0 Å². The van der Waals surface area contributed by atoms with Crippen LogP contribution < -0.4 is 10.1 Å². The summed E-state index contributed by atoms with van der Waals surface area (Å²) in [6.07, 6.45) is 4.36. The van der Waals surface area contributed by atoms with Gasteiger partial charge in [-0.15, -0.1) is 0 Å². The second kappa shape index (κ2) is 6.53. The third-order valence-corrected chi connectivity index (χ3v) is 4.54. The number of allylic oxidation sites excluding steroid dienone is 1. The number of benzene rings is 1. The zero-order chi connectivity index (χ0) is 15.5. The standard InChI is InChI=1S/C18H23NO3/c1-2-16-15(11-12-5-3-4-6-17(12)22-16)18(21)19-13-7-9-14(20)10-8-13/h3-6,13-14,20H,2,7-11H2,1H3,(H,19,21). The second-order valence-corrected chi connectivity index (χ2v) is 6.12.